The standard InChI is InChI=1S/C19H22BrCl2N3O2/c1-3-13(20)18(26)17(24-4-2)12-10-25(8-7-16(12)23)19(27)11-5-6-14(21)15(22)9-11/h5-6,9,13H,3-4,7-8,10,23H2,1-2H3. The number of alkyl halides is 1. The van der Waals surface area contributed by atoms with Gasteiger partial charge in [0.1, 0.15) is 5.71 Å². The summed E-state index contributed by atoms with van der Waals surface area (Å²) >= 11 is 15.4. The van der Waals surface area contributed by atoms with Crippen LogP contribution >= 0.6 is 39.1 Å². The minimum absolute atomic E-state index is 0.110. The molecule has 1 amide bonds. The summed E-state index contributed by atoms with van der Waals surface area (Å²) in [7, 11) is 0. The van der Waals surface area contributed by atoms with Gasteiger partial charge in [-0.15, -0.1) is 0 Å². The molecule has 8 heteroatoms. The number of ketones is 1. The van der Waals surface area contributed by atoms with Crippen LogP contribution in [-0.4, -0.2) is 46.8 Å². The molecule has 0 aromatic heterocycles. The Kier molecular flexibility index (Phi) is 7.89. The number of nitrogens with two attached hydrogens (primary N) is 1. The first-order chi connectivity index (χ1) is 12.8. The minimum atomic E-state index is -0.329. The number of halogens is 3. The van der Waals surface area contributed by atoms with Crippen molar-refractivity contribution in [1.29, 1.82) is 0 Å². The highest BCUT2D eigenvalue weighted by molar-refractivity contribution is 9.10. The number of aliphatic imine (C=N–C) groups is 1. The zero-order valence-corrected chi connectivity index (χ0v) is 18.4. The van der Waals surface area contributed by atoms with Crippen molar-refractivity contribution in [3.8, 4) is 0 Å². The van der Waals surface area contributed by atoms with Crippen molar-refractivity contribution >= 4 is 56.5 Å². The molecule has 0 saturated carbocycles. The summed E-state index contributed by atoms with van der Waals surface area (Å²) in [5, 5.41) is 0.714. The van der Waals surface area contributed by atoms with E-state index in [4.69, 9.17) is 28.9 Å². The Morgan fingerprint density at radius 1 is 1.30 bits per heavy atom. The quantitative estimate of drug-likeness (QED) is 0.494. The van der Waals surface area contributed by atoms with Gasteiger partial charge in [0.05, 0.1) is 14.9 Å². The molecule has 0 spiro atoms. The van der Waals surface area contributed by atoms with Gasteiger partial charge in [0, 0.05) is 42.9 Å². The Morgan fingerprint density at radius 3 is 2.59 bits per heavy atom. The summed E-state index contributed by atoms with van der Waals surface area (Å²) in [5.41, 5.74) is 8.21. The number of rotatable bonds is 6. The van der Waals surface area contributed by atoms with Crippen molar-refractivity contribution in [1.82, 2.24) is 4.90 Å². The second-order valence-corrected chi connectivity index (χ2v) is 8.09. The number of amides is 1. The smallest absolute Gasteiger partial charge is 0.254 e. The predicted molar refractivity (Wildman–Crippen MR) is 114 cm³/mol. The van der Waals surface area contributed by atoms with E-state index in [2.05, 4.69) is 20.9 Å². The summed E-state index contributed by atoms with van der Waals surface area (Å²) in [6.07, 6.45) is 1.12. The van der Waals surface area contributed by atoms with E-state index in [1.807, 2.05) is 13.8 Å². The summed E-state index contributed by atoms with van der Waals surface area (Å²) < 4.78 is 0. The fourth-order valence-electron chi connectivity index (χ4n) is 2.80. The Balaban J connectivity index is 2.31. The Labute approximate surface area is 177 Å². The van der Waals surface area contributed by atoms with Crippen LogP contribution < -0.4 is 5.73 Å². The molecule has 0 saturated heterocycles. The molecule has 1 aromatic rings. The molecule has 0 aliphatic carbocycles. The molecule has 27 heavy (non-hydrogen) atoms. The molecule has 1 aromatic carbocycles. The molecule has 0 bridgehead atoms. The number of carbonyl (C=O) groups is 2. The van der Waals surface area contributed by atoms with Gasteiger partial charge in [-0.3, -0.25) is 14.6 Å². The highest BCUT2D eigenvalue weighted by Gasteiger charge is 2.30. The van der Waals surface area contributed by atoms with E-state index in [-0.39, 0.29) is 23.1 Å². The van der Waals surface area contributed by atoms with Crippen molar-refractivity contribution in [2.45, 2.75) is 31.5 Å². The van der Waals surface area contributed by atoms with Crippen LogP contribution in [-0.2, 0) is 4.79 Å². The van der Waals surface area contributed by atoms with Gasteiger partial charge >= 0.3 is 0 Å². The lowest BCUT2D eigenvalue weighted by Gasteiger charge is -2.30. The lowest BCUT2D eigenvalue weighted by molar-refractivity contribution is -0.112. The zero-order valence-electron chi connectivity index (χ0n) is 15.3. The number of carbonyl (C=O) groups excluding carboxylic acids is 2. The zero-order chi connectivity index (χ0) is 20.1. The average molecular weight is 475 g/mol. The summed E-state index contributed by atoms with van der Waals surface area (Å²) in [4.78, 5) is 31.3. The molecular weight excluding hydrogens is 453 g/mol. The van der Waals surface area contributed by atoms with Gasteiger partial charge in [-0.2, -0.15) is 0 Å². The molecule has 146 valence electrons. The predicted octanol–water partition coefficient (Wildman–Crippen LogP) is 4.26. The first-order valence-electron chi connectivity index (χ1n) is 8.75. The topological polar surface area (TPSA) is 75.8 Å². The van der Waals surface area contributed by atoms with E-state index >= 15 is 0 Å². The van der Waals surface area contributed by atoms with Gasteiger partial charge in [-0.25, -0.2) is 0 Å². The van der Waals surface area contributed by atoms with Gasteiger partial charge < -0.3 is 10.6 Å². The fraction of sp³-hybridized carbons (Fsp3) is 0.421. The lowest BCUT2D eigenvalue weighted by Crippen LogP contribution is -2.42. The van der Waals surface area contributed by atoms with E-state index < -0.39 is 0 Å². The molecule has 0 radical (unpaired) electrons. The molecule has 0 fully saturated rings. The summed E-state index contributed by atoms with van der Waals surface area (Å²) in [6, 6.07) is 4.78. The second-order valence-electron chi connectivity index (χ2n) is 6.17. The van der Waals surface area contributed by atoms with Crippen molar-refractivity contribution in [3.05, 3.63) is 45.1 Å². The van der Waals surface area contributed by atoms with Crippen molar-refractivity contribution < 1.29 is 9.59 Å². The fourth-order valence-corrected chi connectivity index (χ4v) is 3.32. The number of hydrogen-bond acceptors (Lipinski definition) is 4. The molecule has 1 heterocycles. The molecule has 2 N–H and O–H groups in total. The van der Waals surface area contributed by atoms with Crippen LogP contribution in [0.2, 0.25) is 10.0 Å². The average Bonchev–Trinajstić information content (AvgIpc) is 2.67. The van der Waals surface area contributed by atoms with Crippen molar-refractivity contribution in [2.75, 3.05) is 19.6 Å². The maximum absolute atomic E-state index is 12.9. The lowest BCUT2D eigenvalue weighted by atomic mass is 9.96. The molecule has 1 aliphatic rings. The summed E-state index contributed by atoms with van der Waals surface area (Å²) in [6.45, 7) is 4.94. The van der Waals surface area contributed by atoms with Gasteiger partial charge in [0.2, 0.25) is 0 Å². The molecule has 1 aliphatic heterocycles. The van der Waals surface area contributed by atoms with Crippen LogP contribution in [0.5, 0.6) is 0 Å². The third-order valence-electron chi connectivity index (χ3n) is 4.32. The van der Waals surface area contributed by atoms with Crippen LogP contribution in [0.4, 0.5) is 0 Å². The van der Waals surface area contributed by atoms with Gasteiger partial charge in [0.25, 0.3) is 5.91 Å². The van der Waals surface area contributed by atoms with Gasteiger partial charge in [0.15, 0.2) is 5.78 Å². The van der Waals surface area contributed by atoms with Crippen LogP contribution in [0.25, 0.3) is 0 Å². The molecule has 5 nitrogen and oxygen atoms in total. The third-order valence-corrected chi connectivity index (χ3v) is 6.12. The largest absolute Gasteiger partial charge is 0.402 e. The first-order valence-corrected chi connectivity index (χ1v) is 10.4. The Bertz CT molecular complexity index is 808. The number of Topliss-reactive ketones (excluding diaryl/α,β-unsaturated/α-hetero) is 1. The third kappa shape index (κ3) is 5.12. The summed E-state index contributed by atoms with van der Waals surface area (Å²) in [5.74, 6) is -0.297. The monoisotopic (exact) mass is 473 g/mol. The number of nitrogens with zero attached hydrogens (tertiary/aromatic N) is 2. The maximum atomic E-state index is 12.9. The van der Waals surface area contributed by atoms with Crippen LogP contribution in [0.15, 0.2) is 34.5 Å². The highest BCUT2D eigenvalue weighted by atomic mass is 79.9. The van der Waals surface area contributed by atoms with E-state index in [1.54, 1.807) is 23.1 Å². The van der Waals surface area contributed by atoms with Crippen molar-refractivity contribution in [3.63, 3.8) is 0 Å². The van der Waals surface area contributed by atoms with E-state index in [9.17, 15) is 9.59 Å². The molecule has 1 unspecified atom stereocenters. The molecule has 1 atom stereocenters. The SMILES string of the molecule is CCN=C(C(=O)C(Br)CC)C1=C(N)CCN(C(=O)c2ccc(Cl)c(Cl)c2)C1. The van der Waals surface area contributed by atoms with Gasteiger partial charge in [-0.1, -0.05) is 46.1 Å². The van der Waals surface area contributed by atoms with Crippen LogP contribution in [0, 0.1) is 0 Å². The molecular formula is C19H22BrCl2N3O2. The van der Waals surface area contributed by atoms with Crippen LogP contribution in [0.3, 0.4) is 0 Å². The maximum Gasteiger partial charge on any atom is 0.254 e. The second kappa shape index (κ2) is 9.71. The normalized spacial score (nSPS) is 16.5. The van der Waals surface area contributed by atoms with E-state index in [1.165, 1.54) is 0 Å². The van der Waals surface area contributed by atoms with Gasteiger partial charge in [-0.05, 0) is 31.5 Å². The Morgan fingerprint density at radius 2 is 2.00 bits per heavy atom. The van der Waals surface area contributed by atoms with E-state index in [0.29, 0.717) is 58.5 Å². The number of benzene rings is 1. The highest BCUT2D eigenvalue weighted by Crippen LogP contribution is 2.25. The number of hydrogen-bond donors (Lipinski definition) is 1. The van der Waals surface area contributed by atoms with Crippen molar-refractivity contribution in [2.24, 2.45) is 10.7 Å². The Hall–Kier alpha value is -1.37. The molecule has 2 rings (SSSR count). The minimum Gasteiger partial charge on any atom is -0.402 e. The first kappa shape index (κ1) is 21.9. The van der Waals surface area contributed by atoms with E-state index in [0.717, 1.165) is 0 Å². The van der Waals surface area contributed by atoms with Crippen LogP contribution in [0.1, 0.15) is 37.0 Å².